The first-order chi connectivity index (χ1) is 16.6. The monoisotopic (exact) mass is 497 g/mol. The van der Waals surface area contributed by atoms with Crippen molar-refractivity contribution in [1.82, 2.24) is 15.2 Å². The van der Waals surface area contributed by atoms with E-state index in [1.165, 1.54) is 17.8 Å². The van der Waals surface area contributed by atoms with Crippen LogP contribution in [-0.4, -0.2) is 47.9 Å². The molecular weight excluding hydrogens is 466 g/mol. The number of rotatable bonds is 10. The molecule has 0 atom stereocenters. The summed E-state index contributed by atoms with van der Waals surface area (Å²) in [5.74, 6) is 0.304. The maximum Gasteiger partial charge on any atom is 0.265 e. The van der Waals surface area contributed by atoms with Gasteiger partial charge in [-0.1, -0.05) is 30.3 Å². The first kappa shape index (κ1) is 24.4. The number of piperidine rings is 1. The van der Waals surface area contributed by atoms with Crippen LogP contribution in [-0.2, 0) is 11.2 Å². The summed E-state index contributed by atoms with van der Waals surface area (Å²) < 4.78 is 5.91. The second-order valence-electron chi connectivity index (χ2n) is 8.50. The molecule has 4 rings (SSSR count). The van der Waals surface area contributed by atoms with E-state index in [-0.39, 0.29) is 18.4 Å². The van der Waals surface area contributed by atoms with Crippen LogP contribution in [0.25, 0.3) is 10.4 Å². The van der Waals surface area contributed by atoms with E-state index in [2.05, 4.69) is 15.7 Å². The molecule has 1 aliphatic heterocycles. The Balaban J connectivity index is 1.36. The second kappa shape index (κ2) is 12.1. The number of hydrogen-bond acceptors (Lipinski definition) is 6. The number of amides is 2. The number of thiophene rings is 1. The number of nitrogens with zero attached hydrogens (tertiary/aromatic N) is 2. The van der Waals surface area contributed by atoms with Crippen molar-refractivity contribution in [3.8, 4) is 16.2 Å². The van der Waals surface area contributed by atoms with Crippen molar-refractivity contribution in [3.05, 3.63) is 57.4 Å². The van der Waals surface area contributed by atoms with Crippen molar-refractivity contribution >= 4 is 34.5 Å². The van der Waals surface area contributed by atoms with E-state index < -0.39 is 0 Å². The first-order valence-electron chi connectivity index (χ1n) is 11.9. The van der Waals surface area contributed by atoms with Crippen LogP contribution in [0.5, 0.6) is 5.75 Å². The van der Waals surface area contributed by atoms with Gasteiger partial charge in [-0.15, -0.1) is 22.7 Å². The molecule has 0 radical (unpaired) electrons. The molecule has 34 heavy (non-hydrogen) atoms. The van der Waals surface area contributed by atoms with Crippen molar-refractivity contribution in [2.75, 3.05) is 26.2 Å². The summed E-state index contributed by atoms with van der Waals surface area (Å²) in [6, 6.07) is 11.8. The van der Waals surface area contributed by atoms with Crippen molar-refractivity contribution in [3.63, 3.8) is 0 Å². The molecular formula is C26H31N3O3S2. The van der Waals surface area contributed by atoms with Gasteiger partial charge in [-0.05, 0) is 57.1 Å². The molecule has 0 bridgehead atoms. The summed E-state index contributed by atoms with van der Waals surface area (Å²) in [5, 5.41) is 6.23. The van der Waals surface area contributed by atoms with E-state index in [9.17, 15) is 9.59 Å². The topological polar surface area (TPSA) is 71.5 Å². The van der Waals surface area contributed by atoms with Gasteiger partial charge in [0.05, 0.1) is 5.01 Å². The summed E-state index contributed by atoms with van der Waals surface area (Å²) in [6.45, 7) is 4.13. The Morgan fingerprint density at radius 2 is 1.91 bits per heavy atom. The fraction of sp³-hybridized carbons (Fsp3) is 0.423. The quantitative estimate of drug-likeness (QED) is 0.385. The molecule has 1 fully saturated rings. The molecule has 0 unspecified atom stereocenters. The molecule has 0 aliphatic carbocycles. The van der Waals surface area contributed by atoms with Crippen LogP contribution in [0.2, 0.25) is 0 Å². The number of likely N-dealkylation sites (tertiary alicyclic amines) is 1. The zero-order valence-corrected chi connectivity index (χ0v) is 21.2. The zero-order valence-electron chi connectivity index (χ0n) is 19.5. The average molecular weight is 498 g/mol. The maximum atomic E-state index is 13.0. The minimum absolute atomic E-state index is 0.0176. The lowest BCUT2D eigenvalue weighted by Crippen LogP contribution is -2.38. The van der Waals surface area contributed by atoms with Crippen LogP contribution >= 0.6 is 22.7 Å². The molecule has 1 N–H and O–H groups in total. The van der Waals surface area contributed by atoms with Crippen molar-refractivity contribution < 1.29 is 14.3 Å². The van der Waals surface area contributed by atoms with Gasteiger partial charge < -0.3 is 15.0 Å². The number of ether oxygens (including phenoxy) is 1. The zero-order chi connectivity index (χ0) is 23.8. The molecule has 1 saturated heterocycles. The minimum Gasteiger partial charge on any atom is -0.482 e. The van der Waals surface area contributed by atoms with Gasteiger partial charge in [0.25, 0.3) is 11.8 Å². The van der Waals surface area contributed by atoms with E-state index in [1.807, 2.05) is 48.2 Å². The lowest BCUT2D eigenvalue weighted by molar-refractivity contribution is -0.134. The molecule has 6 nitrogen and oxygen atoms in total. The molecule has 3 heterocycles. The van der Waals surface area contributed by atoms with Crippen molar-refractivity contribution in [1.29, 1.82) is 0 Å². The van der Waals surface area contributed by atoms with Gasteiger partial charge in [0.1, 0.15) is 10.6 Å². The molecule has 1 aliphatic rings. The number of carbonyl (C=O) groups is 2. The minimum atomic E-state index is -0.155. The standard InChI is InChI=1S/C26H31N3O3S2/c1-19-18-33-23(28-19)12-6-7-13-27-26(31)25-21(16-22(34-25)20-10-4-2-5-11-20)32-17-24(30)29-14-8-3-9-15-29/h2,4-5,10-11,16,18H,3,6-9,12-15,17H2,1H3,(H,27,31). The van der Waals surface area contributed by atoms with Crippen LogP contribution < -0.4 is 10.1 Å². The third-order valence-electron chi connectivity index (χ3n) is 5.79. The van der Waals surface area contributed by atoms with Gasteiger partial charge in [0, 0.05) is 35.6 Å². The van der Waals surface area contributed by atoms with Gasteiger partial charge in [-0.25, -0.2) is 4.98 Å². The number of thiazole rings is 1. The third kappa shape index (κ3) is 6.67. The lowest BCUT2D eigenvalue weighted by atomic mass is 10.1. The first-order valence-corrected chi connectivity index (χ1v) is 13.6. The second-order valence-corrected chi connectivity index (χ2v) is 10.5. The van der Waals surface area contributed by atoms with E-state index in [1.54, 1.807) is 11.3 Å². The number of nitrogens with one attached hydrogen (secondary N) is 1. The van der Waals surface area contributed by atoms with Crippen molar-refractivity contribution in [2.24, 2.45) is 0 Å². The largest absolute Gasteiger partial charge is 0.482 e. The maximum absolute atomic E-state index is 13.0. The molecule has 3 aromatic rings. The van der Waals surface area contributed by atoms with E-state index in [0.717, 1.165) is 66.3 Å². The van der Waals surface area contributed by atoms with Crippen molar-refractivity contribution in [2.45, 2.75) is 45.4 Å². The third-order valence-corrected chi connectivity index (χ3v) is 7.98. The Kier molecular flexibility index (Phi) is 8.71. The summed E-state index contributed by atoms with van der Waals surface area (Å²) in [4.78, 5) is 33.4. The number of carbonyl (C=O) groups excluding carboxylic acids is 2. The van der Waals surface area contributed by atoms with Gasteiger partial charge in [0.15, 0.2) is 6.61 Å². The molecule has 8 heteroatoms. The summed E-state index contributed by atoms with van der Waals surface area (Å²) in [7, 11) is 0. The average Bonchev–Trinajstić information content (AvgIpc) is 3.49. The Bertz CT molecular complexity index is 1090. The van der Waals surface area contributed by atoms with Crippen LogP contribution in [0.3, 0.4) is 0 Å². The Hall–Kier alpha value is -2.71. The fourth-order valence-corrected chi connectivity index (χ4v) is 5.80. The van der Waals surface area contributed by atoms with Crippen LogP contribution in [0.1, 0.15) is 52.5 Å². The van der Waals surface area contributed by atoms with Gasteiger partial charge >= 0.3 is 0 Å². The van der Waals surface area contributed by atoms with E-state index in [0.29, 0.717) is 17.2 Å². The SMILES string of the molecule is Cc1csc(CCCCNC(=O)c2sc(-c3ccccc3)cc2OCC(=O)N2CCCCC2)n1. The number of benzene rings is 1. The molecule has 0 saturated carbocycles. The molecule has 1 aromatic carbocycles. The van der Waals surface area contributed by atoms with Crippen LogP contribution in [0.4, 0.5) is 0 Å². The van der Waals surface area contributed by atoms with Gasteiger partial charge in [-0.3, -0.25) is 9.59 Å². The number of hydrogen-bond donors (Lipinski definition) is 1. The highest BCUT2D eigenvalue weighted by Crippen LogP contribution is 2.36. The molecule has 2 amide bonds. The van der Waals surface area contributed by atoms with Gasteiger partial charge in [0.2, 0.25) is 0 Å². The van der Waals surface area contributed by atoms with Crippen LogP contribution in [0, 0.1) is 6.92 Å². The van der Waals surface area contributed by atoms with Gasteiger partial charge in [-0.2, -0.15) is 0 Å². The molecule has 0 spiro atoms. The predicted molar refractivity (Wildman–Crippen MR) is 138 cm³/mol. The summed E-state index contributed by atoms with van der Waals surface area (Å²) in [6.07, 6.45) is 6.03. The van der Waals surface area contributed by atoms with Crippen LogP contribution in [0.15, 0.2) is 41.8 Å². The van der Waals surface area contributed by atoms with E-state index >= 15 is 0 Å². The Morgan fingerprint density at radius 3 is 2.65 bits per heavy atom. The lowest BCUT2D eigenvalue weighted by Gasteiger charge is -2.26. The Morgan fingerprint density at radius 1 is 1.12 bits per heavy atom. The number of unbranched alkanes of at least 4 members (excludes halogenated alkanes) is 1. The summed E-state index contributed by atoms with van der Waals surface area (Å²) >= 11 is 3.09. The number of aromatic nitrogens is 1. The predicted octanol–water partition coefficient (Wildman–Crippen LogP) is 5.32. The normalized spacial score (nSPS) is 13.6. The highest BCUT2D eigenvalue weighted by Gasteiger charge is 2.21. The summed E-state index contributed by atoms with van der Waals surface area (Å²) in [5.41, 5.74) is 2.09. The fourth-order valence-electron chi connectivity index (χ4n) is 3.96. The highest BCUT2D eigenvalue weighted by molar-refractivity contribution is 7.17. The number of aryl methyl sites for hydroxylation is 2. The van der Waals surface area contributed by atoms with E-state index in [4.69, 9.17) is 4.74 Å². The molecule has 180 valence electrons. The molecule has 2 aromatic heterocycles. The Labute approximate surface area is 209 Å². The smallest absolute Gasteiger partial charge is 0.265 e. The highest BCUT2D eigenvalue weighted by atomic mass is 32.1.